The Kier molecular flexibility index (Phi) is 6.27. The van der Waals surface area contributed by atoms with Crippen LogP contribution in [-0.2, 0) is 16.1 Å². The topological polar surface area (TPSA) is 92.6 Å². The van der Waals surface area contributed by atoms with Crippen molar-refractivity contribution < 1.29 is 9.53 Å². The quantitative estimate of drug-likeness (QED) is 0.541. The zero-order chi connectivity index (χ0) is 23.5. The maximum Gasteiger partial charge on any atom is 0.252 e. The Bertz CT molecular complexity index is 1260. The minimum Gasteiger partial charge on any atom is -0.378 e. The maximum absolute atomic E-state index is 12.6. The first kappa shape index (κ1) is 22.1. The van der Waals surface area contributed by atoms with E-state index in [4.69, 9.17) is 4.74 Å². The molecule has 2 saturated heterocycles. The number of ether oxygens (including phenoxy) is 1. The van der Waals surface area contributed by atoms with Crippen LogP contribution in [0, 0.1) is 5.92 Å². The van der Waals surface area contributed by atoms with Crippen molar-refractivity contribution >= 4 is 34.3 Å². The first-order valence-electron chi connectivity index (χ1n) is 11.6. The molecule has 2 aliphatic rings. The number of pyridine rings is 1. The third-order valence-electron chi connectivity index (χ3n) is 6.41. The molecule has 1 aromatic carbocycles. The number of hydrogen-bond acceptors (Lipinski definition) is 7. The number of aromatic nitrogens is 3. The van der Waals surface area contributed by atoms with Crippen LogP contribution in [0.3, 0.4) is 0 Å². The van der Waals surface area contributed by atoms with Crippen molar-refractivity contribution in [1.82, 2.24) is 19.4 Å². The molecule has 9 nitrogen and oxygen atoms in total. The average molecular weight is 461 g/mol. The SMILES string of the molecule is C=CC(=O)N1CC(CCn2c(=O)ccc3cnc(Nc4cccc(N5CCOCC5)c4)nc32)C1. The molecule has 0 spiro atoms. The van der Waals surface area contributed by atoms with Gasteiger partial charge in [0.2, 0.25) is 11.9 Å². The average Bonchev–Trinajstić information content (AvgIpc) is 2.84. The molecule has 0 bridgehead atoms. The van der Waals surface area contributed by atoms with Crippen LogP contribution in [-0.4, -0.2) is 64.7 Å². The predicted molar refractivity (Wildman–Crippen MR) is 131 cm³/mol. The molecule has 0 saturated carbocycles. The molecule has 3 aromatic rings. The predicted octanol–water partition coefficient (Wildman–Crippen LogP) is 2.41. The Morgan fingerprint density at radius 3 is 2.82 bits per heavy atom. The van der Waals surface area contributed by atoms with E-state index < -0.39 is 0 Å². The third kappa shape index (κ3) is 4.65. The van der Waals surface area contributed by atoms with E-state index in [-0.39, 0.29) is 11.5 Å². The van der Waals surface area contributed by atoms with Gasteiger partial charge in [-0.2, -0.15) is 4.98 Å². The van der Waals surface area contributed by atoms with E-state index in [1.54, 1.807) is 27.8 Å². The fourth-order valence-electron chi connectivity index (χ4n) is 4.45. The van der Waals surface area contributed by atoms with Gasteiger partial charge in [0.25, 0.3) is 5.56 Å². The molecule has 34 heavy (non-hydrogen) atoms. The summed E-state index contributed by atoms with van der Waals surface area (Å²) in [5.74, 6) is 0.769. The standard InChI is InChI=1S/C25H28N6O3/c1-2-22(32)30-16-18(17-30)8-9-31-23(33)7-6-19-15-26-25(28-24(19)31)27-20-4-3-5-21(14-20)29-10-12-34-13-11-29/h2-7,14-15,18H,1,8-13,16-17H2,(H,26,27,28). The van der Waals surface area contributed by atoms with E-state index in [2.05, 4.69) is 38.9 Å². The van der Waals surface area contributed by atoms with E-state index in [1.807, 2.05) is 12.1 Å². The van der Waals surface area contributed by atoms with Gasteiger partial charge in [-0.3, -0.25) is 14.2 Å². The monoisotopic (exact) mass is 460 g/mol. The molecule has 0 radical (unpaired) electrons. The first-order chi connectivity index (χ1) is 16.6. The van der Waals surface area contributed by atoms with Crippen LogP contribution in [0.15, 0.2) is 60.0 Å². The van der Waals surface area contributed by atoms with Gasteiger partial charge in [0, 0.05) is 61.7 Å². The smallest absolute Gasteiger partial charge is 0.252 e. The van der Waals surface area contributed by atoms with Crippen LogP contribution < -0.4 is 15.8 Å². The maximum atomic E-state index is 12.6. The van der Waals surface area contributed by atoms with Gasteiger partial charge in [0.15, 0.2) is 0 Å². The number of amides is 1. The lowest BCUT2D eigenvalue weighted by atomic mass is 9.96. The fraction of sp³-hybridized carbons (Fsp3) is 0.360. The lowest BCUT2D eigenvalue weighted by Crippen LogP contribution is -2.49. The normalized spacial score (nSPS) is 16.4. The highest BCUT2D eigenvalue weighted by Gasteiger charge is 2.29. The number of likely N-dealkylation sites (tertiary alicyclic amines) is 1. The number of carbonyl (C=O) groups excluding carboxylic acids is 1. The summed E-state index contributed by atoms with van der Waals surface area (Å²) in [5, 5.41) is 4.09. The summed E-state index contributed by atoms with van der Waals surface area (Å²) in [6.45, 7) is 8.66. The van der Waals surface area contributed by atoms with E-state index in [0.29, 0.717) is 37.1 Å². The van der Waals surface area contributed by atoms with Crippen molar-refractivity contribution in [2.45, 2.75) is 13.0 Å². The summed E-state index contributed by atoms with van der Waals surface area (Å²) in [6.07, 6.45) is 3.88. The molecule has 2 aliphatic heterocycles. The second-order valence-electron chi connectivity index (χ2n) is 8.67. The largest absolute Gasteiger partial charge is 0.378 e. The Labute approximate surface area is 197 Å². The van der Waals surface area contributed by atoms with Gasteiger partial charge in [0.1, 0.15) is 5.65 Å². The van der Waals surface area contributed by atoms with Gasteiger partial charge >= 0.3 is 0 Å². The molecular formula is C25H28N6O3. The lowest BCUT2D eigenvalue weighted by molar-refractivity contribution is -0.132. The minimum atomic E-state index is -0.0928. The van der Waals surface area contributed by atoms with E-state index in [9.17, 15) is 9.59 Å². The summed E-state index contributed by atoms with van der Waals surface area (Å²) >= 11 is 0. The highest BCUT2D eigenvalue weighted by Crippen LogP contribution is 2.24. The van der Waals surface area contributed by atoms with Crippen molar-refractivity contribution in [1.29, 1.82) is 0 Å². The Hall–Kier alpha value is -3.72. The van der Waals surface area contributed by atoms with Gasteiger partial charge in [0.05, 0.1) is 13.2 Å². The lowest BCUT2D eigenvalue weighted by Gasteiger charge is -2.38. The molecule has 1 amide bonds. The first-order valence-corrected chi connectivity index (χ1v) is 11.6. The van der Waals surface area contributed by atoms with Crippen LogP contribution in [0.4, 0.5) is 17.3 Å². The second-order valence-corrected chi connectivity index (χ2v) is 8.67. The van der Waals surface area contributed by atoms with Crippen LogP contribution in [0.25, 0.3) is 11.0 Å². The number of aryl methyl sites for hydroxylation is 1. The third-order valence-corrected chi connectivity index (χ3v) is 6.41. The number of nitrogens with zero attached hydrogens (tertiary/aromatic N) is 5. The van der Waals surface area contributed by atoms with E-state index in [0.717, 1.165) is 49.5 Å². The van der Waals surface area contributed by atoms with Crippen molar-refractivity contribution in [3.05, 3.63) is 65.6 Å². The van der Waals surface area contributed by atoms with Crippen LogP contribution in [0.2, 0.25) is 0 Å². The molecule has 4 heterocycles. The molecule has 9 heteroatoms. The van der Waals surface area contributed by atoms with Gasteiger partial charge in [-0.15, -0.1) is 0 Å². The van der Waals surface area contributed by atoms with Gasteiger partial charge in [-0.05, 0) is 42.7 Å². The molecule has 0 unspecified atom stereocenters. The number of carbonyl (C=O) groups is 1. The van der Waals surface area contributed by atoms with Crippen molar-refractivity contribution in [3.8, 4) is 0 Å². The zero-order valence-corrected chi connectivity index (χ0v) is 19.0. The van der Waals surface area contributed by atoms with Gasteiger partial charge in [-0.1, -0.05) is 12.6 Å². The molecule has 0 aliphatic carbocycles. The number of benzene rings is 1. The van der Waals surface area contributed by atoms with Gasteiger partial charge in [-0.25, -0.2) is 4.98 Å². The Morgan fingerprint density at radius 1 is 1.21 bits per heavy atom. The van der Waals surface area contributed by atoms with Crippen LogP contribution >= 0.6 is 0 Å². The minimum absolute atomic E-state index is 0.0419. The molecule has 5 rings (SSSR count). The number of fused-ring (bicyclic) bond motifs is 1. The summed E-state index contributed by atoms with van der Waals surface area (Å²) < 4.78 is 7.15. The molecule has 2 aromatic heterocycles. The second kappa shape index (κ2) is 9.64. The van der Waals surface area contributed by atoms with Crippen LogP contribution in [0.5, 0.6) is 0 Å². The van der Waals surface area contributed by atoms with Gasteiger partial charge < -0.3 is 19.9 Å². The number of morpholine rings is 1. The Balaban J connectivity index is 1.32. The number of anilines is 3. The summed E-state index contributed by atoms with van der Waals surface area (Å²) in [4.78, 5) is 37.5. The van der Waals surface area contributed by atoms with E-state index in [1.165, 1.54) is 6.08 Å². The number of hydrogen-bond donors (Lipinski definition) is 1. The highest BCUT2D eigenvalue weighted by atomic mass is 16.5. The zero-order valence-electron chi connectivity index (χ0n) is 19.0. The molecule has 0 atom stereocenters. The summed E-state index contributed by atoms with van der Waals surface area (Å²) in [5.41, 5.74) is 2.52. The van der Waals surface area contributed by atoms with Crippen LogP contribution in [0.1, 0.15) is 6.42 Å². The summed E-state index contributed by atoms with van der Waals surface area (Å²) in [6, 6.07) is 11.4. The fourth-order valence-corrected chi connectivity index (χ4v) is 4.45. The molecule has 1 N–H and O–H groups in total. The highest BCUT2D eigenvalue weighted by molar-refractivity contribution is 5.87. The van der Waals surface area contributed by atoms with E-state index >= 15 is 0 Å². The molecule has 2 fully saturated rings. The number of rotatable bonds is 7. The Morgan fingerprint density at radius 2 is 2.03 bits per heavy atom. The molecular weight excluding hydrogens is 432 g/mol. The van der Waals surface area contributed by atoms with Crippen molar-refractivity contribution in [2.75, 3.05) is 49.6 Å². The number of nitrogens with one attached hydrogen (secondary N) is 1. The molecule has 176 valence electrons. The van der Waals surface area contributed by atoms with Crippen molar-refractivity contribution in [2.24, 2.45) is 5.92 Å². The van der Waals surface area contributed by atoms with Crippen molar-refractivity contribution in [3.63, 3.8) is 0 Å². The summed E-state index contributed by atoms with van der Waals surface area (Å²) in [7, 11) is 0.